The number of carbonyl (C=O) groups is 2. The maximum atomic E-state index is 12.8. The van der Waals surface area contributed by atoms with Crippen LogP contribution in [0, 0.1) is 39.0 Å². The minimum atomic E-state index is -1.01. The third-order valence-electron chi connectivity index (χ3n) is 13.8. The molecule has 2 N–H and O–H groups in total. The number of carboxylic acids is 2. The molecule has 65 heavy (non-hydrogen) atoms. The van der Waals surface area contributed by atoms with Gasteiger partial charge < -0.3 is 24.4 Å². The third-order valence-corrected chi connectivity index (χ3v) is 16.4. The number of pyridine rings is 2. The van der Waals surface area contributed by atoms with E-state index in [-0.39, 0.29) is 34.2 Å². The third kappa shape index (κ3) is 7.86. The van der Waals surface area contributed by atoms with Crippen molar-refractivity contribution < 1.29 is 34.0 Å². The number of aromatic nitrogens is 2. The molecule has 2 saturated carbocycles. The summed E-state index contributed by atoms with van der Waals surface area (Å²) in [7, 11) is 0. The highest BCUT2D eigenvalue weighted by Gasteiger charge is 2.38. The van der Waals surface area contributed by atoms with Crippen LogP contribution in [0.2, 0.25) is 0 Å². The molecule has 8 aromatic rings. The van der Waals surface area contributed by atoms with Crippen molar-refractivity contribution in [2.45, 2.75) is 98.7 Å². The van der Waals surface area contributed by atoms with Crippen molar-refractivity contribution in [1.29, 1.82) is 0 Å². The first-order chi connectivity index (χ1) is 31.0. The Morgan fingerprint density at radius 3 is 1.83 bits per heavy atom. The average molecular weight is 905 g/mol. The Labute approximate surface area is 386 Å². The van der Waals surface area contributed by atoms with E-state index in [9.17, 15) is 19.8 Å². The highest BCUT2D eigenvalue weighted by molar-refractivity contribution is 7.22. The lowest BCUT2D eigenvalue weighted by molar-refractivity contribution is 0.0114. The van der Waals surface area contributed by atoms with Crippen molar-refractivity contribution in [3.8, 4) is 38.4 Å². The largest absolute Gasteiger partial charge is 0.493 e. The molecule has 0 saturated heterocycles. The molecule has 0 atom stereocenters. The molecule has 2 aliphatic carbocycles. The van der Waals surface area contributed by atoms with Gasteiger partial charge in [-0.2, -0.15) is 0 Å². The summed E-state index contributed by atoms with van der Waals surface area (Å²) in [4.78, 5) is 37.7. The number of thiophene rings is 2. The summed E-state index contributed by atoms with van der Waals surface area (Å²) >= 11 is 3.24. The first-order valence-electron chi connectivity index (χ1n) is 22.4. The van der Waals surface area contributed by atoms with E-state index in [2.05, 4.69) is 58.9 Å². The summed E-state index contributed by atoms with van der Waals surface area (Å²) in [5.74, 6) is 0.168. The number of rotatable bonds is 11. The molecular weight excluding hydrogens is 853 g/mol. The SMILES string of the molecule is Cc1c(-c2cc(C(=O)O)c3c(OC[C@H]4CC[C@@](C)(Oc5ccc6sc(-c7cc(C(=O)O)c8c(OC9CC(C)(C)C9)ccc(C)c8n7)c(C)c6c5)CC4)ccc(C)c3n2)sc2ccccc12. The Balaban J connectivity index is 0.849. The lowest BCUT2D eigenvalue weighted by atomic mass is 9.70. The minimum absolute atomic E-state index is 0.0572. The van der Waals surface area contributed by atoms with E-state index < -0.39 is 11.9 Å². The van der Waals surface area contributed by atoms with Crippen LogP contribution in [0.25, 0.3) is 63.1 Å². The summed E-state index contributed by atoms with van der Waals surface area (Å²) in [5.41, 5.74) is 6.74. The van der Waals surface area contributed by atoms with Crippen LogP contribution in [-0.2, 0) is 0 Å². The molecule has 332 valence electrons. The second kappa shape index (κ2) is 16.1. The van der Waals surface area contributed by atoms with Crippen molar-refractivity contribution >= 4 is 76.6 Å². The van der Waals surface area contributed by atoms with Crippen LogP contribution in [0.5, 0.6) is 17.2 Å². The fraction of sp³-hybridized carbons (Fsp3) is 0.333. The molecule has 0 unspecified atom stereocenters. The van der Waals surface area contributed by atoms with Crippen LogP contribution in [0.3, 0.4) is 0 Å². The number of hydrogen-bond donors (Lipinski definition) is 2. The molecule has 4 aromatic carbocycles. The van der Waals surface area contributed by atoms with Gasteiger partial charge in [0.25, 0.3) is 0 Å². The monoisotopic (exact) mass is 904 g/mol. The number of ether oxygens (including phenoxy) is 3. The Bertz CT molecular complexity index is 3240. The zero-order chi connectivity index (χ0) is 45.5. The van der Waals surface area contributed by atoms with Gasteiger partial charge in [0.1, 0.15) is 22.8 Å². The van der Waals surface area contributed by atoms with E-state index in [1.54, 1.807) is 34.8 Å². The van der Waals surface area contributed by atoms with Gasteiger partial charge in [-0.1, -0.05) is 44.2 Å². The second-order valence-corrected chi connectivity index (χ2v) is 21.4. The summed E-state index contributed by atoms with van der Waals surface area (Å²) in [6.07, 6.45) is 5.38. The first-order valence-corrected chi connectivity index (χ1v) is 24.0. The number of aromatic carboxylic acids is 2. The van der Waals surface area contributed by atoms with Gasteiger partial charge in [-0.25, -0.2) is 19.6 Å². The molecule has 0 bridgehead atoms. The van der Waals surface area contributed by atoms with Crippen LogP contribution < -0.4 is 14.2 Å². The number of aryl methyl sites for hydroxylation is 4. The Morgan fingerprint density at radius 1 is 0.692 bits per heavy atom. The van der Waals surface area contributed by atoms with Crippen molar-refractivity contribution in [2.75, 3.05) is 6.61 Å². The maximum Gasteiger partial charge on any atom is 0.336 e. The zero-order valence-corrected chi connectivity index (χ0v) is 39.4. The Hall–Kier alpha value is -6.04. The topological polar surface area (TPSA) is 128 Å². The second-order valence-electron chi connectivity index (χ2n) is 19.3. The maximum absolute atomic E-state index is 12.8. The van der Waals surface area contributed by atoms with Crippen LogP contribution in [0.15, 0.2) is 78.9 Å². The molecular formula is C54H52N2O7S2. The van der Waals surface area contributed by atoms with Gasteiger partial charge in [0, 0.05) is 9.40 Å². The van der Waals surface area contributed by atoms with Crippen molar-refractivity contribution in [2.24, 2.45) is 11.3 Å². The lowest BCUT2D eigenvalue weighted by Crippen LogP contribution is -2.39. The van der Waals surface area contributed by atoms with E-state index >= 15 is 0 Å². The number of hydrogen-bond acceptors (Lipinski definition) is 9. The quantitative estimate of drug-likeness (QED) is 0.130. The van der Waals surface area contributed by atoms with Gasteiger partial charge in [0.2, 0.25) is 0 Å². The highest BCUT2D eigenvalue weighted by atomic mass is 32.1. The molecule has 0 amide bonds. The van der Waals surface area contributed by atoms with E-state index in [0.717, 1.165) is 96.5 Å². The fourth-order valence-corrected chi connectivity index (χ4v) is 12.4. The standard InChI is InChI=1S/C54H52N2O7S2/c1-28-12-15-41(45-37(51(57)58)23-39(55-47(28)45)49-30(3)35-10-8-9-11-43(35)64-49)61-27-32-18-20-54(7,21-19-32)63-33-14-17-44-36(22-33)31(4)50(65-44)40-24-38(52(59)60)46-42(16-13-29(2)48(46)56-40)62-34-25-53(5,6)26-34/h8-17,22-24,32,34H,18-21,25-27H2,1-7H3,(H,57,58)(H,59,60)/t32-,54+. The van der Waals surface area contributed by atoms with Crippen molar-refractivity contribution in [3.05, 3.63) is 112 Å². The molecule has 0 aliphatic heterocycles. The lowest BCUT2D eigenvalue weighted by Gasteiger charge is -2.42. The molecule has 0 radical (unpaired) electrons. The van der Waals surface area contributed by atoms with Crippen LogP contribution in [0.4, 0.5) is 0 Å². The highest BCUT2D eigenvalue weighted by Crippen LogP contribution is 2.46. The van der Waals surface area contributed by atoms with Crippen LogP contribution in [0.1, 0.15) is 102 Å². The van der Waals surface area contributed by atoms with E-state index in [1.807, 2.05) is 56.3 Å². The molecule has 11 heteroatoms. The first kappa shape index (κ1) is 42.9. The predicted molar refractivity (Wildman–Crippen MR) is 262 cm³/mol. The molecule has 4 aromatic heterocycles. The van der Waals surface area contributed by atoms with Gasteiger partial charge >= 0.3 is 11.9 Å². The van der Waals surface area contributed by atoms with Gasteiger partial charge in [-0.3, -0.25) is 0 Å². The molecule has 0 spiro atoms. The molecule has 2 aliphatic rings. The number of fused-ring (bicyclic) bond motifs is 4. The number of nitrogens with zero attached hydrogens (tertiary/aromatic N) is 2. The summed E-state index contributed by atoms with van der Waals surface area (Å²) in [6, 6.07) is 25.5. The number of benzene rings is 4. The van der Waals surface area contributed by atoms with Gasteiger partial charge in [0.15, 0.2) is 0 Å². The Morgan fingerprint density at radius 2 is 1.25 bits per heavy atom. The van der Waals surface area contributed by atoms with Crippen molar-refractivity contribution in [3.63, 3.8) is 0 Å². The van der Waals surface area contributed by atoms with E-state index in [0.29, 0.717) is 51.3 Å². The number of carboxylic acid groups (broad SMARTS) is 2. The zero-order valence-electron chi connectivity index (χ0n) is 37.8. The van der Waals surface area contributed by atoms with Gasteiger partial charge in [-0.15, -0.1) is 22.7 Å². The molecule has 2 fully saturated rings. The van der Waals surface area contributed by atoms with Crippen molar-refractivity contribution in [1.82, 2.24) is 9.97 Å². The fourth-order valence-electron chi connectivity index (χ4n) is 10.1. The normalized spacial score (nSPS) is 18.6. The molecule has 4 heterocycles. The summed E-state index contributed by atoms with van der Waals surface area (Å²) < 4.78 is 21.9. The van der Waals surface area contributed by atoms with E-state index in [1.165, 1.54) is 0 Å². The summed E-state index contributed by atoms with van der Waals surface area (Å²) in [5, 5.41) is 24.3. The average Bonchev–Trinajstić information content (AvgIpc) is 3.79. The van der Waals surface area contributed by atoms with Crippen LogP contribution >= 0.6 is 22.7 Å². The summed E-state index contributed by atoms with van der Waals surface area (Å²) in [6.45, 7) is 15.1. The smallest absolute Gasteiger partial charge is 0.336 e. The van der Waals surface area contributed by atoms with E-state index in [4.69, 9.17) is 24.2 Å². The molecule has 9 nitrogen and oxygen atoms in total. The minimum Gasteiger partial charge on any atom is -0.493 e. The van der Waals surface area contributed by atoms with Crippen LogP contribution in [-0.4, -0.2) is 50.4 Å². The Kier molecular flexibility index (Phi) is 10.6. The predicted octanol–water partition coefficient (Wildman–Crippen LogP) is 14.2. The molecule has 10 rings (SSSR count). The van der Waals surface area contributed by atoms with Gasteiger partial charge in [0.05, 0.1) is 66.8 Å². The van der Waals surface area contributed by atoms with Gasteiger partial charge in [-0.05, 0) is 166 Å².